The third kappa shape index (κ3) is 2.76. The third-order valence-electron chi connectivity index (χ3n) is 6.33. The highest BCUT2D eigenvalue weighted by Crippen LogP contribution is 2.46. The van der Waals surface area contributed by atoms with Gasteiger partial charge in [-0.15, -0.1) is 0 Å². The zero-order chi connectivity index (χ0) is 24.3. The van der Waals surface area contributed by atoms with E-state index in [1.807, 2.05) is 41.7 Å². The molecule has 0 saturated heterocycles. The molecule has 0 radical (unpaired) electrons. The Hall–Kier alpha value is -4.26. The van der Waals surface area contributed by atoms with Crippen molar-refractivity contribution in [3.8, 4) is 23.0 Å². The fraction of sp³-hybridized carbons (Fsp3) is 0.185. The Morgan fingerprint density at radius 2 is 1.50 bits per heavy atom. The molecule has 172 valence electrons. The summed E-state index contributed by atoms with van der Waals surface area (Å²) < 4.78 is 18.2. The minimum atomic E-state index is -0.497. The molecule has 0 spiro atoms. The number of methoxy groups -OCH3 is 3. The quantitative estimate of drug-likeness (QED) is 0.355. The first kappa shape index (κ1) is 21.6. The van der Waals surface area contributed by atoms with E-state index < -0.39 is 5.78 Å². The summed E-state index contributed by atoms with van der Waals surface area (Å²) in [4.78, 5) is 26.7. The highest BCUT2D eigenvalue weighted by Gasteiger charge is 2.30. The number of aryl methyl sites for hydroxylation is 1. The molecule has 0 bridgehead atoms. The lowest BCUT2D eigenvalue weighted by Gasteiger charge is -2.17. The fourth-order valence-electron chi connectivity index (χ4n) is 4.92. The maximum absolute atomic E-state index is 14.1. The lowest BCUT2D eigenvalue weighted by Crippen LogP contribution is -2.10. The second-order valence-corrected chi connectivity index (χ2v) is 8.19. The highest BCUT2D eigenvalue weighted by atomic mass is 16.5. The molecule has 5 aromatic rings. The molecule has 1 N–H and O–H groups in total. The van der Waals surface area contributed by atoms with Gasteiger partial charge in [0.25, 0.3) is 0 Å². The highest BCUT2D eigenvalue weighted by molar-refractivity contribution is 6.25. The number of aromatic nitrogens is 1. The maximum Gasteiger partial charge on any atom is 0.204 e. The van der Waals surface area contributed by atoms with Gasteiger partial charge in [0, 0.05) is 28.0 Å². The van der Waals surface area contributed by atoms with Crippen LogP contribution in [0, 0.1) is 6.92 Å². The summed E-state index contributed by atoms with van der Waals surface area (Å²) >= 11 is 0. The van der Waals surface area contributed by atoms with Crippen molar-refractivity contribution in [1.82, 2.24) is 4.40 Å². The van der Waals surface area contributed by atoms with Gasteiger partial charge in [0.05, 0.1) is 37.9 Å². The number of rotatable bonds is 6. The minimum absolute atomic E-state index is 0.0521. The molecule has 0 aliphatic heterocycles. The first-order valence-corrected chi connectivity index (χ1v) is 10.7. The number of ether oxygens (including phenoxy) is 3. The van der Waals surface area contributed by atoms with Crippen molar-refractivity contribution < 1.29 is 28.9 Å². The molecule has 7 nitrogen and oxygen atoms in total. The number of carbonyl (C=O) groups excluding carboxylic acids is 2. The third-order valence-corrected chi connectivity index (χ3v) is 6.33. The van der Waals surface area contributed by atoms with Crippen LogP contribution in [0.2, 0.25) is 0 Å². The average Bonchev–Trinajstić information content (AvgIpc) is 3.36. The average molecular weight is 457 g/mol. The number of pyridine rings is 1. The molecule has 5 rings (SSSR count). The van der Waals surface area contributed by atoms with Gasteiger partial charge in [-0.05, 0) is 31.5 Å². The number of nitrogens with zero attached hydrogens (tertiary/aromatic N) is 1. The van der Waals surface area contributed by atoms with E-state index in [-0.39, 0.29) is 39.9 Å². The molecular formula is C27H23NO6. The Balaban J connectivity index is 1.94. The monoisotopic (exact) mass is 457 g/mol. The van der Waals surface area contributed by atoms with Gasteiger partial charge in [0.2, 0.25) is 11.5 Å². The molecule has 0 atom stereocenters. The smallest absolute Gasteiger partial charge is 0.204 e. The van der Waals surface area contributed by atoms with Gasteiger partial charge in [-0.25, -0.2) is 0 Å². The number of carbonyl (C=O) groups is 2. The van der Waals surface area contributed by atoms with Gasteiger partial charge in [-0.3, -0.25) is 9.59 Å². The number of Topliss-reactive ketones (excluding diaryl/α,β-unsaturated/α-hetero) is 1. The second-order valence-electron chi connectivity index (χ2n) is 8.19. The summed E-state index contributed by atoms with van der Waals surface area (Å²) in [6.07, 6.45) is 0. The Morgan fingerprint density at radius 1 is 0.853 bits per heavy atom. The van der Waals surface area contributed by atoms with Gasteiger partial charge < -0.3 is 23.7 Å². The van der Waals surface area contributed by atoms with Crippen LogP contribution in [-0.4, -0.2) is 42.4 Å². The maximum atomic E-state index is 14.1. The normalized spacial score (nSPS) is 11.4. The summed E-state index contributed by atoms with van der Waals surface area (Å²) in [5.41, 5.74) is 3.99. The SMILES string of the molecule is COc1cc(O)c(C(=O)c2cc(C(C)=O)c3cc(C)c4c5ccccc5c2n34)c(OC)c1OC. The standard InChI is InChI=1S/C27H23NO6/c1-13-10-19-17(14(2)29)11-18(24-16-9-7-6-8-15(16)23(13)28(19)24)25(31)22-20(30)12-21(32-3)26(33-4)27(22)34-5/h6-12,30H,1-5H3. The number of benzene rings is 2. The first-order valence-electron chi connectivity index (χ1n) is 10.7. The van der Waals surface area contributed by atoms with Crippen LogP contribution in [0.5, 0.6) is 23.0 Å². The predicted molar refractivity (Wildman–Crippen MR) is 130 cm³/mol. The predicted octanol–water partition coefficient (Wildman–Crippen LogP) is 5.16. The minimum Gasteiger partial charge on any atom is -0.507 e. The lowest BCUT2D eigenvalue weighted by atomic mass is 9.96. The van der Waals surface area contributed by atoms with Gasteiger partial charge in [0.1, 0.15) is 11.3 Å². The zero-order valence-corrected chi connectivity index (χ0v) is 19.5. The van der Waals surface area contributed by atoms with E-state index in [9.17, 15) is 14.7 Å². The van der Waals surface area contributed by atoms with Crippen LogP contribution in [0.25, 0.3) is 27.3 Å². The molecule has 3 heterocycles. The second kappa shape index (κ2) is 7.66. The van der Waals surface area contributed by atoms with E-state index in [0.29, 0.717) is 11.1 Å². The summed E-state index contributed by atoms with van der Waals surface area (Å²) in [6, 6.07) is 12.7. The van der Waals surface area contributed by atoms with E-state index >= 15 is 0 Å². The molecule has 0 fully saturated rings. The van der Waals surface area contributed by atoms with Crippen molar-refractivity contribution in [2.75, 3.05) is 21.3 Å². The summed E-state index contributed by atoms with van der Waals surface area (Å²) in [7, 11) is 4.24. The van der Waals surface area contributed by atoms with Crippen molar-refractivity contribution in [2.45, 2.75) is 13.8 Å². The van der Waals surface area contributed by atoms with E-state index in [4.69, 9.17) is 14.2 Å². The van der Waals surface area contributed by atoms with E-state index in [1.54, 1.807) is 6.07 Å². The fourth-order valence-corrected chi connectivity index (χ4v) is 4.92. The number of phenols is 1. The molecule has 0 saturated carbocycles. The molecule has 0 aliphatic carbocycles. The Kier molecular flexibility index (Phi) is 4.86. The largest absolute Gasteiger partial charge is 0.507 e. The summed E-state index contributed by atoms with van der Waals surface area (Å²) in [5, 5.41) is 12.7. The molecular weight excluding hydrogens is 434 g/mol. The Bertz CT molecular complexity index is 1630. The van der Waals surface area contributed by atoms with E-state index in [1.165, 1.54) is 34.3 Å². The van der Waals surface area contributed by atoms with Crippen LogP contribution < -0.4 is 14.2 Å². The molecule has 0 unspecified atom stereocenters. The number of phenolic OH excluding ortho intramolecular Hbond substituents is 1. The zero-order valence-electron chi connectivity index (χ0n) is 19.5. The molecule has 34 heavy (non-hydrogen) atoms. The lowest BCUT2D eigenvalue weighted by molar-refractivity contribution is 0.101. The van der Waals surface area contributed by atoms with Gasteiger partial charge in [0.15, 0.2) is 17.3 Å². The van der Waals surface area contributed by atoms with E-state index in [2.05, 4.69) is 0 Å². The number of fused-ring (bicyclic) bond motifs is 3. The molecule has 3 aromatic heterocycles. The van der Waals surface area contributed by atoms with Gasteiger partial charge in [-0.2, -0.15) is 0 Å². The topological polar surface area (TPSA) is 86.5 Å². The van der Waals surface area contributed by atoms with Crippen LogP contribution in [0.1, 0.15) is 38.8 Å². The van der Waals surface area contributed by atoms with Crippen LogP contribution >= 0.6 is 0 Å². The van der Waals surface area contributed by atoms with Gasteiger partial charge >= 0.3 is 0 Å². The summed E-state index contributed by atoms with van der Waals surface area (Å²) in [6.45, 7) is 3.47. The van der Waals surface area contributed by atoms with Crippen molar-refractivity contribution in [1.29, 1.82) is 0 Å². The Morgan fingerprint density at radius 3 is 2.09 bits per heavy atom. The first-order chi connectivity index (χ1) is 16.3. The number of hydrogen-bond acceptors (Lipinski definition) is 6. The van der Waals surface area contributed by atoms with Crippen molar-refractivity contribution in [3.63, 3.8) is 0 Å². The van der Waals surface area contributed by atoms with Crippen molar-refractivity contribution in [3.05, 3.63) is 64.7 Å². The van der Waals surface area contributed by atoms with Gasteiger partial charge in [-0.1, -0.05) is 24.3 Å². The van der Waals surface area contributed by atoms with Crippen LogP contribution in [-0.2, 0) is 0 Å². The summed E-state index contributed by atoms with van der Waals surface area (Å²) in [5.74, 6) is -0.504. The Labute approximate surface area is 195 Å². The number of ketones is 2. The number of aromatic hydroxyl groups is 1. The molecule has 7 heteroatoms. The van der Waals surface area contributed by atoms with Crippen LogP contribution in [0.15, 0.2) is 42.5 Å². The van der Waals surface area contributed by atoms with Crippen LogP contribution in [0.4, 0.5) is 0 Å². The molecule has 2 aromatic carbocycles. The number of hydrogen-bond donors (Lipinski definition) is 1. The van der Waals surface area contributed by atoms with Crippen molar-refractivity contribution in [2.24, 2.45) is 0 Å². The molecule has 0 aliphatic rings. The van der Waals surface area contributed by atoms with E-state index in [0.717, 1.165) is 27.4 Å². The van der Waals surface area contributed by atoms with Crippen LogP contribution in [0.3, 0.4) is 0 Å². The van der Waals surface area contributed by atoms with Crippen molar-refractivity contribution >= 4 is 38.9 Å². The molecule has 0 amide bonds.